The van der Waals surface area contributed by atoms with Gasteiger partial charge in [-0.3, -0.25) is 0 Å². The van der Waals surface area contributed by atoms with Crippen LogP contribution in [0.4, 0.5) is 5.82 Å². The Morgan fingerprint density at radius 3 is 2.81 bits per heavy atom. The number of fused-ring (bicyclic) bond motifs is 2. The summed E-state index contributed by atoms with van der Waals surface area (Å²) in [6, 6.07) is 14.1. The lowest BCUT2D eigenvalue weighted by Crippen LogP contribution is -2.32. The Bertz CT molecular complexity index is 1080. The molecule has 0 spiro atoms. The topological polar surface area (TPSA) is 85.8 Å². The Kier molecular flexibility index (Phi) is 3.81. The maximum Gasteiger partial charge on any atom is 0.185 e. The minimum Gasteiger partial charge on any atom is -0.364 e. The lowest BCUT2D eigenvalue weighted by Gasteiger charge is -2.23. The molecule has 1 aliphatic rings. The molecule has 27 heavy (non-hydrogen) atoms. The molecule has 0 bridgehead atoms. The zero-order valence-electron chi connectivity index (χ0n) is 15.1. The summed E-state index contributed by atoms with van der Waals surface area (Å²) in [6.45, 7) is 2.88. The van der Waals surface area contributed by atoms with Gasteiger partial charge in [-0.1, -0.05) is 37.3 Å². The molecular formula is C19H20N8. The second-order valence-electron chi connectivity index (χ2n) is 6.74. The van der Waals surface area contributed by atoms with Crippen molar-refractivity contribution in [2.45, 2.75) is 38.8 Å². The van der Waals surface area contributed by atoms with Gasteiger partial charge in [0, 0.05) is 24.4 Å². The van der Waals surface area contributed by atoms with Crippen molar-refractivity contribution in [2.75, 3.05) is 5.32 Å². The third-order valence-electron chi connectivity index (χ3n) is 4.86. The van der Waals surface area contributed by atoms with Crippen molar-refractivity contribution < 1.29 is 0 Å². The summed E-state index contributed by atoms with van der Waals surface area (Å²) in [6.07, 6.45) is 2.80. The number of anilines is 1. The molecule has 1 aliphatic heterocycles. The van der Waals surface area contributed by atoms with Gasteiger partial charge in [-0.05, 0) is 18.6 Å². The molecule has 0 saturated carbocycles. The molecule has 1 unspecified atom stereocenters. The van der Waals surface area contributed by atoms with Crippen LogP contribution in [0.2, 0.25) is 0 Å². The molecule has 1 atom stereocenters. The van der Waals surface area contributed by atoms with Crippen molar-refractivity contribution in [3.63, 3.8) is 0 Å². The van der Waals surface area contributed by atoms with Gasteiger partial charge in [-0.25, -0.2) is 9.67 Å². The van der Waals surface area contributed by atoms with Crippen molar-refractivity contribution in [3.05, 3.63) is 54.1 Å². The Balaban J connectivity index is 1.41. The largest absolute Gasteiger partial charge is 0.364 e. The number of nitrogens with one attached hydrogen (secondary N) is 1. The van der Waals surface area contributed by atoms with Crippen molar-refractivity contribution in [1.82, 2.24) is 34.6 Å². The highest BCUT2D eigenvalue weighted by molar-refractivity contribution is 5.59. The fraction of sp³-hybridized carbons (Fsp3) is 0.316. The van der Waals surface area contributed by atoms with Gasteiger partial charge in [0.25, 0.3) is 0 Å². The van der Waals surface area contributed by atoms with Crippen LogP contribution in [0.5, 0.6) is 0 Å². The molecule has 5 rings (SSSR count). The molecule has 0 saturated heterocycles. The molecule has 136 valence electrons. The number of nitrogens with zero attached hydrogens (tertiary/aromatic N) is 7. The van der Waals surface area contributed by atoms with Gasteiger partial charge in [0.2, 0.25) is 0 Å². The van der Waals surface area contributed by atoms with Gasteiger partial charge in [0.1, 0.15) is 11.6 Å². The van der Waals surface area contributed by atoms with Crippen LogP contribution in [-0.4, -0.2) is 40.6 Å². The fourth-order valence-electron chi connectivity index (χ4n) is 3.47. The lowest BCUT2D eigenvalue weighted by atomic mass is 10.1. The monoisotopic (exact) mass is 360 g/mol. The Morgan fingerprint density at radius 1 is 1.07 bits per heavy atom. The van der Waals surface area contributed by atoms with Gasteiger partial charge < -0.3 is 5.32 Å². The molecule has 4 aromatic rings. The predicted octanol–water partition coefficient (Wildman–Crippen LogP) is 2.37. The highest BCUT2D eigenvalue weighted by atomic mass is 15.4. The van der Waals surface area contributed by atoms with Crippen LogP contribution in [-0.2, 0) is 19.4 Å². The van der Waals surface area contributed by atoms with Gasteiger partial charge >= 0.3 is 0 Å². The molecular weight excluding hydrogens is 340 g/mol. The highest BCUT2D eigenvalue weighted by Gasteiger charge is 2.22. The van der Waals surface area contributed by atoms with Crippen LogP contribution in [0.3, 0.4) is 0 Å². The van der Waals surface area contributed by atoms with Crippen LogP contribution >= 0.6 is 0 Å². The number of hydrogen-bond donors (Lipinski definition) is 1. The first-order valence-corrected chi connectivity index (χ1v) is 9.27. The van der Waals surface area contributed by atoms with Crippen LogP contribution in [0.1, 0.15) is 25.0 Å². The van der Waals surface area contributed by atoms with Gasteiger partial charge in [0.05, 0.1) is 6.54 Å². The van der Waals surface area contributed by atoms with E-state index in [1.54, 1.807) is 4.52 Å². The second-order valence-corrected chi connectivity index (χ2v) is 6.74. The standard InChI is InChI=1S/C19H20N8/c1-2-15-21-17-10-8-14(12-26(17)24-15)20-16-9-11-18-22-23-19(27(18)25-16)13-6-4-3-5-7-13/h3-7,9,11,14H,2,8,10,12H2,1H3,(H,20,25). The first kappa shape index (κ1) is 15.9. The van der Waals surface area contributed by atoms with E-state index in [-0.39, 0.29) is 6.04 Å². The lowest BCUT2D eigenvalue weighted by molar-refractivity contribution is 0.439. The van der Waals surface area contributed by atoms with Gasteiger partial charge in [0.15, 0.2) is 17.3 Å². The predicted molar refractivity (Wildman–Crippen MR) is 101 cm³/mol. The summed E-state index contributed by atoms with van der Waals surface area (Å²) in [5, 5.41) is 21.3. The van der Waals surface area contributed by atoms with Gasteiger partial charge in [-0.15, -0.1) is 15.3 Å². The normalized spacial score (nSPS) is 16.4. The Morgan fingerprint density at radius 2 is 1.96 bits per heavy atom. The first-order chi connectivity index (χ1) is 13.3. The Hall–Kier alpha value is -3.29. The highest BCUT2D eigenvalue weighted by Crippen LogP contribution is 2.20. The minimum atomic E-state index is 0.269. The van der Waals surface area contributed by atoms with Crippen molar-refractivity contribution in [3.8, 4) is 11.4 Å². The van der Waals surface area contributed by atoms with Gasteiger partial charge in [-0.2, -0.15) is 9.61 Å². The van der Waals surface area contributed by atoms with E-state index in [4.69, 9.17) is 5.10 Å². The van der Waals surface area contributed by atoms with Crippen molar-refractivity contribution in [2.24, 2.45) is 0 Å². The van der Waals surface area contributed by atoms with Crippen LogP contribution in [0.25, 0.3) is 17.0 Å². The smallest absolute Gasteiger partial charge is 0.185 e. The second kappa shape index (κ2) is 6.46. The number of aryl methyl sites for hydroxylation is 2. The van der Waals surface area contributed by atoms with Crippen LogP contribution < -0.4 is 5.32 Å². The molecule has 0 amide bonds. The van der Waals surface area contributed by atoms with Crippen LogP contribution in [0, 0.1) is 0 Å². The third-order valence-corrected chi connectivity index (χ3v) is 4.86. The average Bonchev–Trinajstić information content (AvgIpc) is 3.31. The van der Waals surface area contributed by atoms with E-state index in [9.17, 15) is 0 Å². The van der Waals surface area contributed by atoms with E-state index < -0.39 is 0 Å². The summed E-state index contributed by atoms with van der Waals surface area (Å²) in [5.41, 5.74) is 1.72. The number of aromatic nitrogens is 7. The minimum absolute atomic E-state index is 0.269. The SMILES string of the molecule is CCc1nc2n(n1)CC(Nc1ccc3nnc(-c4ccccc4)n3n1)CC2. The zero-order chi connectivity index (χ0) is 18.2. The average molecular weight is 360 g/mol. The first-order valence-electron chi connectivity index (χ1n) is 9.27. The number of hydrogen-bond acceptors (Lipinski definition) is 6. The molecule has 0 aliphatic carbocycles. The van der Waals surface area contributed by atoms with E-state index in [1.807, 2.05) is 47.1 Å². The molecule has 0 radical (unpaired) electrons. The third kappa shape index (κ3) is 2.92. The maximum absolute atomic E-state index is 4.72. The zero-order valence-corrected chi connectivity index (χ0v) is 15.1. The molecule has 8 heteroatoms. The summed E-state index contributed by atoms with van der Waals surface area (Å²) >= 11 is 0. The van der Waals surface area contributed by atoms with Crippen LogP contribution in [0.15, 0.2) is 42.5 Å². The molecule has 1 aromatic carbocycles. The van der Waals surface area contributed by atoms with E-state index in [0.29, 0.717) is 0 Å². The molecule has 1 N–H and O–H groups in total. The van der Waals surface area contributed by atoms with E-state index in [0.717, 1.165) is 60.3 Å². The Labute approximate surface area is 156 Å². The summed E-state index contributed by atoms with van der Waals surface area (Å²) in [4.78, 5) is 4.58. The van der Waals surface area contributed by atoms with Crippen molar-refractivity contribution in [1.29, 1.82) is 0 Å². The van der Waals surface area contributed by atoms with E-state index >= 15 is 0 Å². The molecule has 3 aromatic heterocycles. The molecule has 8 nitrogen and oxygen atoms in total. The van der Waals surface area contributed by atoms with E-state index in [1.165, 1.54) is 0 Å². The fourth-order valence-corrected chi connectivity index (χ4v) is 3.47. The molecule has 0 fully saturated rings. The summed E-state index contributed by atoms with van der Waals surface area (Å²) < 4.78 is 3.81. The van der Waals surface area contributed by atoms with Crippen molar-refractivity contribution >= 4 is 11.5 Å². The summed E-state index contributed by atoms with van der Waals surface area (Å²) in [7, 11) is 0. The van der Waals surface area contributed by atoms with E-state index in [2.05, 4.69) is 32.5 Å². The maximum atomic E-state index is 4.72. The summed E-state index contributed by atoms with van der Waals surface area (Å²) in [5.74, 6) is 3.55. The number of benzene rings is 1. The quantitative estimate of drug-likeness (QED) is 0.601. The molecule has 4 heterocycles. The number of rotatable bonds is 4.